The molecule has 2 aromatic carbocycles. The zero-order valence-electron chi connectivity index (χ0n) is 15.1. The number of aromatic nitrogens is 4. The van der Waals surface area contributed by atoms with Crippen molar-refractivity contribution in [3.63, 3.8) is 0 Å². The van der Waals surface area contributed by atoms with E-state index in [2.05, 4.69) is 56.9 Å². The van der Waals surface area contributed by atoms with Crippen LogP contribution in [0.25, 0.3) is 22.2 Å². The van der Waals surface area contributed by atoms with Gasteiger partial charge in [0.2, 0.25) is 5.95 Å². The third kappa shape index (κ3) is 3.05. The van der Waals surface area contributed by atoms with Gasteiger partial charge in [-0.3, -0.25) is 0 Å². The van der Waals surface area contributed by atoms with Gasteiger partial charge in [0.15, 0.2) is 0 Å². The molecular weight excluding hydrogens is 334 g/mol. The van der Waals surface area contributed by atoms with E-state index in [-0.39, 0.29) is 0 Å². The van der Waals surface area contributed by atoms with Crippen LogP contribution in [0.5, 0.6) is 0 Å². The summed E-state index contributed by atoms with van der Waals surface area (Å²) in [5, 5.41) is 1.10. The second kappa shape index (κ2) is 6.83. The fourth-order valence-corrected chi connectivity index (χ4v) is 3.94. The summed E-state index contributed by atoms with van der Waals surface area (Å²) in [6.07, 6.45) is 8.05. The van der Waals surface area contributed by atoms with E-state index < -0.39 is 0 Å². The SMILES string of the molecule is c1ccc(-c2nc(N3CCCC3Cn3ccnc3)nc3ccccc23)cc1. The number of imidazole rings is 1. The molecule has 1 saturated heterocycles. The molecule has 1 aliphatic rings. The lowest BCUT2D eigenvalue weighted by Crippen LogP contribution is -2.34. The molecule has 134 valence electrons. The number of anilines is 1. The number of benzene rings is 2. The Morgan fingerprint density at radius 3 is 2.67 bits per heavy atom. The molecule has 0 bridgehead atoms. The molecule has 0 spiro atoms. The number of hydrogen-bond donors (Lipinski definition) is 0. The smallest absolute Gasteiger partial charge is 0.226 e. The highest BCUT2D eigenvalue weighted by molar-refractivity contribution is 5.93. The molecule has 0 aliphatic carbocycles. The fraction of sp³-hybridized carbons (Fsp3) is 0.227. The van der Waals surface area contributed by atoms with E-state index in [1.54, 1.807) is 0 Å². The van der Waals surface area contributed by atoms with Crippen molar-refractivity contribution in [2.45, 2.75) is 25.4 Å². The van der Waals surface area contributed by atoms with E-state index in [1.807, 2.05) is 30.9 Å². The van der Waals surface area contributed by atoms with E-state index >= 15 is 0 Å². The Bertz CT molecular complexity index is 1040. The third-order valence-corrected chi connectivity index (χ3v) is 5.25. The minimum atomic E-state index is 0.393. The first kappa shape index (κ1) is 16.0. The number of fused-ring (bicyclic) bond motifs is 1. The lowest BCUT2D eigenvalue weighted by atomic mass is 10.1. The van der Waals surface area contributed by atoms with Gasteiger partial charge in [0, 0.05) is 42.5 Å². The van der Waals surface area contributed by atoms with Crippen LogP contribution in [-0.4, -0.2) is 32.1 Å². The molecule has 3 heterocycles. The van der Waals surface area contributed by atoms with Gasteiger partial charge < -0.3 is 9.47 Å². The zero-order chi connectivity index (χ0) is 18.1. The summed E-state index contributed by atoms with van der Waals surface area (Å²) >= 11 is 0. The van der Waals surface area contributed by atoms with E-state index in [0.717, 1.165) is 54.0 Å². The van der Waals surface area contributed by atoms with Crippen LogP contribution < -0.4 is 4.90 Å². The van der Waals surface area contributed by atoms with Gasteiger partial charge in [-0.05, 0) is 18.9 Å². The zero-order valence-corrected chi connectivity index (χ0v) is 15.1. The average molecular weight is 355 g/mol. The Kier molecular flexibility index (Phi) is 4.05. The number of nitrogens with zero attached hydrogens (tertiary/aromatic N) is 5. The number of rotatable bonds is 4. The van der Waals surface area contributed by atoms with Gasteiger partial charge in [-0.15, -0.1) is 0 Å². The second-order valence-corrected chi connectivity index (χ2v) is 7.00. The van der Waals surface area contributed by atoms with Crippen molar-refractivity contribution in [2.75, 3.05) is 11.4 Å². The summed E-state index contributed by atoms with van der Waals surface area (Å²) in [4.78, 5) is 16.5. The van der Waals surface area contributed by atoms with Crippen molar-refractivity contribution in [2.24, 2.45) is 0 Å². The summed E-state index contributed by atoms with van der Waals surface area (Å²) in [6.45, 7) is 1.91. The van der Waals surface area contributed by atoms with Gasteiger partial charge in [-0.2, -0.15) is 0 Å². The molecule has 0 amide bonds. The molecule has 1 atom stereocenters. The molecule has 2 aromatic heterocycles. The van der Waals surface area contributed by atoms with E-state index in [4.69, 9.17) is 9.97 Å². The Morgan fingerprint density at radius 2 is 1.81 bits per heavy atom. The van der Waals surface area contributed by atoms with Gasteiger partial charge >= 0.3 is 0 Å². The Hall–Kier alpha value is -3.21. The summed E-state index contributed by atoms with van der Waals surface area (Å²) in [5.41, 5.74) is 3.13. The standard InChI is InChI=1S/C22H21N5/c1-2-7-17(8-3-1)21-19-10-4-5-11-20(19)24-22(25-21)27-13-6-9-18(27)15-26-14-12-23-16-26/h1-5,7-8,10-12,14,16,18H,6,9,13,15H2. The van der Waals surface area contributed by atoms with Crippen LogP contribution in [-0.2, 0) is 6.54 Å². The normalized spacial score (nSPS) is 16.9. The summed E-state index contributed by atoms with van der Waals surface area (Å²) < 4.78 is 2.14. The van der Waals surface area contributed by atoms with Crippen LogP contribution in [0.15, 0.2) is 73.3 Å². The van der Waals surface area contributed by atoms with Crippen LogP contribution >= 0.6 is 0 Å². The van der Waals surface area contributed by atoms with Crippen LogP contribution in [0, 0.1) is 0 Å². The van der Waals surface area contributed by atoms with E-state index in [0.29, 0.717) is 6.04 Å². The molecular formula is C22H21N5. The van der Waals surface area contributed by atoms with Gasteiger partial charge in [0.05, 0.1) is 17.5 Å². The maximum Gasteiger partial charge on any atom is 0.226 e. The van der Waals surface area contributed by atoms with Crippen LogP contribution in [0.1, 0.15) is 12.8 Å². The molecule has 0 N–H and O–H groups in total. The average Bonchev–Trinajstić information content (AvgIpc) is 3.40. The maximum atomic E-state index is 5.02. The Balaban J connectivity index is 1.59. The van der Waals surface area contributed by atoms with Crippen molar-refractivity contribution in [3.05, 3.63) is 73.3 Å². The van der Waals surface area contributed by atoms with Crippen LogP contribution in [0.3, 0.4) is 0 Å². The predicted molar refractivity (Wildman–Crippen MR) is 108 cm³/mol. The monoisotopic (exact) mass is 355 g/mol. The van der Waals surface area contributed by atoms with Gasteiger partial charge in [0.1, 0.15) is 0 Å². The van der Waals surface area contributed by atoms with Gasteiger partial charge in [-0.1, -0.05) is 48.5 Å². The van der Waals surface area contributed by atoms with Crippen molar-refractivity contribution in [3.8, 4) is 11.3 Å². The lowest BCUT2D eigenvalue weighted by Gasteiger charge is -2.25. The first-order valence-corrected chi connectivity index (χ1v) is 9.43. The first-order valence-electron chi connectivity index (χ1n) is 9.43. The van der Waals surface area contributed by atoms with Gasteiger partial charge in [0.25, 0.3) is 0 Å². The fourth-order valence-electron chi connectivity index (χ4n) is 3.94. The number of para-hydroxylation sites is 1. The largest absolute Gasteiger partial charge is 0.336 e. The van der Waals surface area contributed by atoms with E-state index in [9.17, 15) is 0 Å². The van der Waals surface area contributed by atoms with Crippen molar-refractivity contribution < 1.29 is 0 Å². The molecule has 1 aliphatic heterocycles. The highest BCUT2D eigenvalue weighted by Gasteiger charge is 2.27. The molecule has 27 heavy (non-hydrogen) atoms. The summed E-state index contributed by atoms with van der Waals surface area (Å²) in [7, 11) is 0. The van der Waals surface area contributed by atoms with Crippen LogP contribution in [0.2, 0.25) is 0 Å². The first-order chi connectivity index (χ1) is 13.4. The Morgan fingerprint density at radius 1 is 0.963 bits per heavy atom. The second-order valence-electron chi connectivity index (χ2n) is 7.00. The highest BCUT2D eigenvalue weighted by atomic mass is 15.3. The molecule has 1 unspecified atom stereocenters. The quantitative estimate of drug-likeness (QED) is 0.551. The number of hydrogen-bond acceptors (Lipinski definition) is 4. The molecule has 0 radical (unpaired) electrons. The molecule has 5 rings (SSSR count). The summed E-state index contributed by atoms with van der Waals surface area (Å²) in [5.74, 6) is 0.829. The molecule has 4 aromatic rings. The molecule has 1 fully saturated rings. The highest BCUT2D eigenvalue weighted by Crippen LogP contribution is 2.31. The van der Waals surface area contributed by atoms with Crippen LogP contribution in [0.4, 0.5) is 5.95 Å². The molecule has 0 saturated carbocycles. The van der Waals surface area contributed by atoms with Gasteiger partial charge in [-0.25, -0.2) is 15.0 Å². The summed E-state index contributed by atoms with van der Waals surface area (Å²) in [6, 6.07) is 19.1. The van der Waals surface area contributed by atoms with Crippen molar-refractivity contribution >= 4 is 16.9 Å². The minimum absolute atomic E-state index is 0.393. The predicted octanol–water partition coefficient (Wildman–Crippen LogP) is 4.16. The minimum Gasteiger partial charge on any atom is -0.336 e. The molecule has 5 heteroatoms. The lowest BCUT2D eigenvalue weighted by molar-refractivity contribution is 0.544. The Labute approximate surface area is 158 Å². The molecule has 5 nitrogen and oxygen atoms in total. The van der Waals surface area contributed by atoms with Crippen molar-refractivity contribution in [1.29, 1.82) is 0 Å². The van der Waals surface area contributed by atoms with Crippen molar-refractivity contribution in [1.82, 2.24) is 19.5 Å². The topological polar surface area (TPSA) is 46.8 Å². The maximum absolute atomic E-state index is 5.02. The van der Waals surface area contributed by atoms with E-state index in [1.165, 1.54) is 0 Å². The third-order valence-electron chi connectivity index (χ3n) is 5.25.